The second kappa shape index (κ2) is 5.94. The second-order valence-corrected chi connectivity index (χ2v) is 5.17. The molecule has 2 N–H and O–H groups in total. The highest BCUT2D eigenvalue weighted by molar-refractivity contribution is 5.88. The first-order chi connectivity index (χ1) is 9.55. The summed E-state index contributed by atoms with van der Waals surface area (Å²) in [7, 11) is 1.57. The summed E-state index contributed by atoms with van der Waals surface area (Å²) in [6.07, 6.45) is 2.85. The molecule has 0 saturated heterocycles. The Morgan fingerprint density at radius 3 is 2.65 bits per heavy atom. The molecule has 0 aliphatic heterocycles. The maximum Gasteiger partial charge on any atom is 0.329 e. The molecule has 0 radical (unpaired) electrons. The highest BCUT2D eigenvalue weighted by atomic mass is 16.5. The van der Waals surface area contributed by atoms with Crippen LogP contribution in [0.2, 0.25) is 0 Å². The van der Waals surface area contributed by atoms with Gasteiger partial charge < -0.3 is 15.2 Å². The van der Waals surface area contributed by atoms with Gasteiger partial charge in [0.25, 0.3) is 0 Å². The molecule has 108 valence electrons. The van der Waals surface area contributed by atoms with Crippen molar-refractivity contribution in [3.8, 4) is 5.75 Å². The summed E-state index contributed by atoms with van der Waals surface area (Å²) in [6.45, 7) is 0. The molecule has 1 aliphatic carbocycles. The predicted molar refractivity (Wildman–Crippen MR) is 73.7 cm³/mol. The van der Waals surface area contributed by atoms with Crippen molar-refractivity contribution in [2.45, 2.75) is 37.6 Å². The maximum atomic E-state index is 12.1. The third kappa shape index (κ3) is 3.10. The standard InChI is InChI=1S/C15H19NO4/c1-20-12-6-4-5-11(9-12)10-13(17)16-15(14(18)19)7-2-3-8-15/h4-6,9H,2-3,7-8,10H2,1H3,(H,16,17)(H,18,19). The zero-order valence-corrected chi connectivity index (χ0v) is 11.5. The molecule has 1 aliphatic rings. The molecule has 1 amide bonds. The number of carbonyl (C=O) groups is 2. The van der Waals surface area contributed by atoms with Crippen LogP contribution in [0.4, 0.5) is 0 Å². The van der Waals surface area contributed by atoms with Gasteiger partial charge in [0, 0.05) is 0 Å². The van der Waals surface area contributed by atoms with Gasteiger partial charge >= 0.3 is 5.97 Å². The SMILES string of the molecule is COc1cccc(CC(=O)NC2(C(=O)O)CCCC2)c1. The van der Waals surface area contributed by atoms with E-state index in [-0.39, 0.29) is 12.3 Å². The van der Waals surface area contributed by atoms with Crippen LogP contribution in [0.25, 0.3) is 0 Å². The minimum absolute atomic E-state index is 0.159. The fourth-order valence-corrected chi connectivity index (χ4v) is 2.65. The molecule has 0 aromatic heterocycles. The first kappa shape index (κ1) is 14.4. The van der Waals surface area contributed by atoms with Crippen LogP contribution in [0.1, 0.15) is 31.2 Å². The number of methoxy groups -OCH3 is 1. The fraction of sp³-hybridized carbons (Fsp3) is 0.467. The van der Waals surface area contributed by atoms with Crippen LogP contribution in [0.5, 0.6) is 5.75 Å². The third-order valence-corrected chi connectivity index (χ3v) is 3.74. The predicted octanol–water partition coefficient (Wildman–Crippen LogP) is 1.75. The van der Waals surface area contributed by atoms with Gasteiger partial charge in [-0.1, -0.05) is 25.0 Å². The lowest BCUT2D eigenvalue weighted by atomic mass is 9.97. The highest BCUT2D eigenvalue weighted by Crippen LogP contribution is 2.30. The minimum Gasteiger partial charge on any atom is -0.497 e. The largest absolute Gasteiger partial charge is 0.497 e. The highest BCUT2D eigenvalue weighted by Gasteiger charge is 2.42. The fourth-order valence-electron chi connectivity index (χ4n) is 2.65. The Bertz CT molecular complexity index is 506. The average Bonchev–Trinajstić information content (AvgIpc) is 2.88. The zero-order chi connectivity index (χ0) is 14.6. The van der Waals surface area contributed by atoms with E-state index in [1.165, 1.54) is 0 Å². The van der Waals surface area contributed by atoms with E-state index in [0.717, 1.165) is 18.4 Å². The smallest absolute Gasteiger partial charge is 0.329 e. The van der Waals surface area contributed by atoms with Crippen molar-refractivity contribution in [3.05, 3.63) is 29.8 Å². The number of carboxylic acids is 1. The normalized spacial score (nSPS) is 16.6. The molecule has 1 aromatic rings. The lowest BCUT2D eigenvalue weighted by Gasteiger charge is -2.25. The number of carboxylic acid groups (broad SMARTS) is 1. The molecule has 5 nitrogen and oxygen atoms in total. The number of ether oxygens (including phenoxy) is 1. The van der Waals surface area contributed by atoms with Crippen LogP contribution in [-0.2, 0) is 16.0 Å². The molecule has 0 bridgehead atoms. The van der Waals surface area contributed by atoms with Crippen molar-refractivity contribution in [1.29, 1.82) is 0 Å². The topological polar surface area (TPSA) is 75.6 Å². The number of carbonyl (C=O) groups excluding carboxylic acids is 1. The molecule has 0 unspecified atom stereocenters. The van der Waals surface area contributed by atoms with Crippen molar-refractivity contribution in [3.63, 3.8) is 0 Å². The Morgan fingerprint density at radius 1 is 1.35 bits per heavy atom. The molecule has 2 rings (SSSR count). The van der Waals surface area contributed by atoms with Gasteiger partial charge in [-0.25, -0.2) is 4.79 Å². The van der Waals surface area contributed by atoms with E-state index in [0.29, 0.717) is 18.6 Å². The van der Waals surface area contributed by atoms with Crippen LogP contribution in [0.3, 0.4) is 0 Å². The molecule has 0 spiro atoms. The van der Waals surface area contributed by atoms with Gasteiger partial charge in [-0.15, -0.1) is 0 Å². The van der Waals surface area contributed by atoms with Crippen LogP contribution >= 0.6 is 0 Å². The monoisotopic (exact) mass is 277 g/mol. The Hall–Kier alpha value is -2.04. The van der Waals surface area contributed by atoms with Crippen LogP contribution in [0.15, 0.2) is 24.3 Å². The Labute approximate surface area is 117 Å². The van der Waals surface area contributed by atoms with Gasteiger partial charge in [0.15, 0.2) is 0 Å². The van der Waals surface area contributed by atoms with E-state index in [1.807, 2.05) is 12.1 Å². The summed E-state index contributed by atoms with van der Waals surface area (Å²) in [6, 6.07) is 7.22. The van der Waals surface area contributed by atoms with Crippen LogP contribution < -0.4 is 10.1 Å². The number of hydrogen-bond acceptors (Lipinski definition) is 3. The molecule has 1 aromatic carbocycles. The zero-order valence-electron chi connectivity index (χ0n) is 11.5. The number of aliphatic carboxylic acids is 1. The van der Waals surface area contributed by atoms with E-state index in [9.17, 15) is 14.7 Å². The Morgan fingerprint density at radius 2 is 2.05 bits per heavy atom. The summed E-state index contributed by atoms with van der Waals surface area (Å²) in [5, 5.41) is 12.0. The van der Waals surface area contributed by atoms with Gasteiger partial charge in [-0.2, -0.15) is 0 Å². The van der Waals surface area contributed by atoms with E-state index < -0.39 is 11.5 Å². The number of nitrogens with one attached hydrogen (secondary N) is 1. The van der Waals surface area contributed by atoms with E-state index >= 15 is 0 Å². The van der Waals surface area contributed by atoms with E-state index in [1.54, 1.807) is 19.2 Å². The summed E-state index contributed by atoms with van der Waals surface area (Å²) in [4.78, 5) is 23.4. The summed E-state index contributed by atoms with van der Waals surface area (Å²) < 4.78 is 5.10. The third-order valence-electron chi connectivity index (χ3n) is 3.74. The quantitative estimate of drug-likeness (QED) is 0.859. The van der Waals surface area contributed by atoms with Crippen molar-refractivity contribution in [2.24, 2.45) is 0 Å². The Kier molecular flexibility index (Phi) is 4.27. The first-order valence-corrected chi connectivity index (χ1v) is 6.73. The van der Waals surface area contributed by atoms with Crippen LogP contribution in [0, 0.1) is 0 Å². The van der Waals surface area contributed by atoms with Crippen molar-refractivity contribution < 1.29 is 19.4 Å². The van der Waals surface area contributed by atoms with Crippen molar-refractivity contribution in [1.82, 2.24) is 5.32 Å². The van der Waals surface area contributed by atoms with Crippen molar-refractivity contribution >= 4 is 11.9 Å². The second-order valence-electron chi connectivity index (χ2n) is 5.17. The van der Waals surface area contributed by atoms with E-state index in [4.69, 9.17) is 4.74 Å². The van der Waals surface area contributed by atoms with Gasteiger partial charge in [-0.05, 0) is 30.5 Å². The minimum atomic E-state index is -1.07. The molecule has 1 fully saturated rings. The van der Waals surface area contributed by atoms with Gasteiger partial charge in [0.2, 0.25) is 5.91 Å². The molecule has 0 heterocycles. The summed E-state index contributed by atoms with van der Waals surface area (Å²) in [5.74, 6) is -0.513. The average molecular weight is 277 g/mol. The van der Waals surface area contributed by atoms with Gasteiger partial charge in [0.1, 0.15) is 11.3 Å². The molecular formula is C15H19NO4. The number of rotatable bonds is 5. The lowest BCUT2D eigenvalue weighted by Crippen LogP contribution is -2.52. The lowest BCUT2D eigenvalue weighted by molar-refractivity contribution is -0.147. The Balaban J connectivity index is 2.02. The molecule has 20 heavy (non-hydrogen) atoms. The summed E-state index contributed by atoms with van der Waals surface area (Å²) >= 11 is 0. The van der Waals surface area contributed by atoms with Gasteiger partial charge in [0.05, 0.1) is 13.5 Å². The van der Waals surface area contributed by atoms with Gasteiger partial charge in [-0.3, -0.25) is 4.79 Å². The molecular weight excluding hydrogens is 258 g/mol. The van der Waals surface area contributed by atoms with Crippen LogP contribution in [-0.4, -0.2) is 29.6 Å². The van der Waals surface area contributed by atoms with E-state index in [2.05, 4.69) is 5.32 Å². The number of hydrogen-bond donors (Lipinski definition) is 2. The maximum absolute atomic E-state index is 12.1. The number of amides is 1. The number of benzene rings is 1. The molecule has 1 saturated carbocycles. The van der Waals surface area contributed by atoms with Crippen molar-refractivity contribution in [2.75, 3.05) is 7.11 Å². The molecule has 5 heteroatoms. The first-order valence-electron chi connectivity index (χ1n) is 6.73. The molecule has 0 atom stereocenters. The summed E-state index contributed by atoms with van der Waals surface area (Å²) in [5.41, 5.74) is -0.268.